The van der Waals surface area contributed by atoms with Gasteiger partial charge in [-0.25, -0.2) is 8.78 Å². The van der Waals surface area contributed by atoms with Crippen molar-refractivity contribution < 1.29 is 8.78 Å². The fourth-order valence-electron chi connectivity index (χ4n) is 7.42. The van der Waals surface area contributed by atoms with E-state index in [4.69, 9.17) is 0 Å². The van der Waals surface area contributed by atoms with Crippen molar-refractivity contribution in [1.82, 2.24) is 9.13 Å². The third-order valence-corrected chi connectivity index (χ3v) is 10.00. The van der Waals surface area contributed by atoms with Crippen molar-refractivity contribution in [3.63, 3.8) is 0 Å². The molecule has 0 saturated carbocycles. The minimum atomic E-state index is -0.676. The highest BCUT2D eigenvalue weighted by Crippen LogP contribution is 2.45. The maximum absolute atomic E-state index is 16.3. The van der Waals surface area contributed by atoms with Gasteiger partial charge in [-0.1, -0.05) is 108 Å². The molecule has 8 aromatic rings. The summed E-state index contributed by atoms with van der Waals surface area (Å²) in [5.74, 6) is -1.35. The van der Waals surface area contributed by atoms with Crippen molar-refractivity contribution in [3.05, 3.63) is 144 Å². The van der Waals surface area contributed by atoms with Crippen LogP contribution < -0.4 is 0 Å². The van der Waals surface area contributed by atoms with Gasteiger partial charge in [0, 0.05) is 27.1 Å². The van der Waals surface area contributed by atoms with Gasteiger partial charge in [0.1, 0.15) is 11.6 Å². The molecular weight excluding hydrogens is 621 g/mol. The molecule has 0 aliphatic heterocycles. The molecule has 2 heterocycles. The number of benzene rings is 6. The van der Waals surface area contributed by atoms with E-state index in [0.717, 1.165) is 54.7 Å². The van der Waals surface area contributed by atoms with Crippen molar-refractivity contribution in [1.29, 1.82) is 5.26 Å². The van der Waals surface area contributed by atoms with Crippen LogP contribution in [0.2, 0.25) is 0 Å². The lowest BCUT2D eigenvalue weighted by molar-refractivity contribution is 0.589. The fraction of sp³-hybridized carbons (Fsp3) is 0.178. The Morgan fingerprint density at radius 1 is 0.480 bits per heavy atom. The summed E-state index contributed by atoms with van der Waals surface area (Å²) in [6.07, 6.45) is 0. The molecule has 0 amide bonds. The summed E-state index contributed by atoms with van der Waals surface area (Å²) < 4.78 is 36.8. The molecule has 0 radical (unpaired) electrons. The van der Waals surface area contributed by atoms with E-state index in [1.165, 1.54) is 18.2 Å². The summed E-state index contributed by atoms with van der Waals surface area (Å²) in [5.41, 5.74) is 7.17. The fourth-order valence-corrected chi connectivity index (χ4v) is 7.42. The van der Waals surface area contributed by atoms with Gasteiger partial charge in [-0.05, 0) is 70.5 Å². The topological polar surface area (TPSA) is 33.6 Å². The van der Waals surface area contributed by atoms with Crippen LogP contribution in [0.25, 0.3) is 66.1 Å². The second kappa shape index (κ2) is 11.1. The maximum atomic E-state index is 16.3. The van der Waals surface area contributed by atoms with E-state index in [2.05, 4.69) is 105 Å². The standard InChI is InChI=1S/C45H37F2N3/c1-44(2,3)28-18-20-32-30-12-7-9-16-36(30)49(38(32)24-28)40-22-27(26-48)23-41(43(40)42-34(46)14-11-15-35(42)47)50-37-17-10-8-13-31(37)33-21-19-29(25-39(33)50)45(4,5)6/h7-25H,1-6H3. The molecule has 3 nitrogen and oxygen atoms in total. The molecule has 0 N–H and O–H groups in total. The Kier molecular flexibility index (Phi) is 7.03. The second-order valence-corrected chi connectivity index (χ2v) is 15.3. The van der Waals surface area contributed by atoms with Crippen LogP contribution in [0.15, 0.2) is 115 Å². The molecule has 0 atom stereocenters. The summed E-state index contributed by atoms with van der Waals surface area (Å²) >= 11 is 0. The number of hydrogen-bond donors (Lipinski definition) is 0. The first kappa shape index (κ1) is 31.5. The summed E-state index contributed by atoms with van der Waals surface area (Å²) in [5, 5.41) is 14.7. The van der Waals surface area contributed by atoms with Crippen LogP contribution in [0.1, 0.15) is 58.2 Å². The normalized spacial score (nSPS) is 12.4. The molecule has 0 aliphatic rings. The number of halogens is 2. The number of aromatic nitrogens is 2. The van der Waals surface area contributed by atoms with Gasteiger partial charge in [-0.2, -0.15) is 5.26 Å². The number of para-hydroxylation sites is 2. The smallest absolute Gasteiger partial charge is 0.134 e. The van der Waals surface area contributed by atoms with Gasteiger partial charge >= 0.3 is 0 Å². The second-order valence-electron chi connectivity index (χ2n) is 15.3. The highest BCUT2D eigenvalue weighted by atomic mass is 19.1. The van der Waals surface area contributed by atoms with Crippen LogP contribution in [0, 0.1) is 23.0 Å². The third-order valence-electron chi connectivity index (χ3n) is 10.00. The predicted molar refractivity (Wildman–Crippen MR) is 203 cm³/mol. The molecule has 2 aromatic heterocycles. The van der Waals surface area contributed by atoms with Crippen LogP contribution in [-0.4, -0.2) is 9.13 Å². The predicted octanol–water partition coefficient (Wildman–Crippen LogP) is 12.3. The Morgan fingerprint density at radius 2 is 0.900 bits per heavy atom. The Bertz CT molecular complexity index is 2530. The van der Waals surface area contributed by atoms with Gasteiger partial charge in [0.2, 0.25) is 0 Å². The van der Waals surface area contributed by atoms with Crippen LogP contribution >= 0.6 is 0 Å². The monoisotopic (exact) mass is 657 g/mol. The number of nitrogens with zero attached hydrogens (tertiary/aromatic N) is 3. The highest BCUT2D eigenvalue weighted by molar-refractivity contribution is 6.12. The molecule has 0 saturated heterocycles. The number of hydrogen-bond acceptors (Lipinski definition) is 1. The molecule has 0 fully saturated rings. The summed E-state index contributed by atoms with van der Waals surface area (Å²) in [6, 6.07) is 39.0. The molecule has 246 valence electrons. The maximum Gasteiger partial charge on any atom is 0.134 e. The van der Waals surface area contributed by atoms with E-state index in [-0.39, 0.29) is 16.4 Å². The van der Waals surface area contributed by atoms with E-state index in [1.807, 2.05) is 36.4 Å². The van der Waals surface area contributed by atoms with E-state index in [1.54, 1.807) is 12.1 Å². The molecule has 8 rings (SSSR count). The summed E-state index contributed by atoms with van der Waals surface area (Å²) in [4.78, 5) is 0. The zero-order valence-electron chi connectivity index (χ0n) is 29.1. The quantitative estimate of drug-likeness (QED) is 0.186. The Balaban J connectivity index is 1.63. The van der Waals surface area contributed by atoms with Crippen LogP contribution in [-0.2, 0) is 10.8 Å². The lowest BCUT2D eigenvalue weighted by Gasteiger charge is -2.23. The van der Waals surface area contributed by atoms with Crippen molar-refractivity contribution in [2.24, 2.45) is 0 Å². The van der Waals surface area contributed by atoms with Gasteiger partial charge in [0.25, 0.3) is 0 Å². The number of fused-ring (bicyclic) bond motifs is 6. The molecule has 5 heteroatoms. The first-order valence-corrected chi connectivity index (χ1v) is 17.0. The van der Waals surface area contributed by atoms with Crippen molar-refractivity contribution in [2.75, 3.05) is 0 Å². The lowest BCUT2D eigenvalue weighted by Crippen LogP contribution is -2.11. The van der Waals surface area contributed by atoms with Crippen LogP contribution in [0.5, 0.6) is 0 Å². The van der Waals surface area contributed by atoms with E-state index < -0.39 is 11.6 Å². The van der Waals surface area contributed by atoms with Crippen LogP contribution in [0.3, 0.4) is 0 Å². The van der Waals surface area contributed by atoms with Crippen molar-refractivity contribution >= 4 is 43.6 Å². The van der Waals surface area contributed by atoms with Gasteiger partial charge in [0.05, 0.1) is 50.6 Å². The SMILES string of the molecule is CC(C)(C)c1ccc2c3ccccc3n(-c3cc(C#N)cc(-n4c5ccccc5c5ccc(C(C)(C)C)cc54)c3-c3c(F)cccc3F)c2c1. The lowest BCUT2D eigenvalue weighted by atomic mass is 9.86. The third kappa shape index (κ3) is 4.82. The van der Waals surface area contributed by atoms with E-state index in [0.29, 0.717) is 22.5 Å². The number of nitriles is 1. The van der Waals surface area contributed by atoms with E-state index >= 15 is 8.78 Å². The molecule has 0 unspecified atom stereocenters. The zero-order valence-corrected chi connectivity index (χ0v) is 29.1. The molecular formula is C45H37F2N3. The molecule has 0 aliphatic carbocycles. The Morgan fingerprint density at radius 3 is 1.32 bits per heavy atom. The van der Waals surface area contributed by atoms with Crippen molar-refractivity contribution in [2.45, 2.75) is 52.4 Å². The first-order valence-electron chi connectivity index (χ1n) is 17.0. The van der Waals surface area contributed by atoms with Gasteiger partial charge in [-0.3, -0.25) is 0 Å². The summed E-state index contributed by atoms with van der Waals surface area (Å²) in [7, 11) is 0. The minimum absolute atomic E-state index is 0.141. The zero-order chi connectivity index (χ0) is 35.1. The highest BCUT2D eigenvalue weighted by Gasteiger charge is 2.27. The van der Waals surface area contributed by atoms with Gasteiger partial charge < -0.3 is 9.13 Å². The largest absolute Gasteiger partial charge is 0.308 e. The molecule has 0 bridgehead atoms. The van der Waals surface area contributed by atoms with E-state index in [9.17, 15) is 5.26 Å². The average Bonchev–Trinajstić information content (AvgIpc) is 3.59. The molecule has 50 heavy (non-hydrogen) atoms. The summed E-state index contributed by atoms with van der Waals surface area (Å²) in [6.45, 7) is 13.0. The molecule has 6 aromatic carbocycles. The van der Waals surface area contributed by atoms with Crippen LogP contribution in [0.4, 0.5) is 8.78 Å². The molecule has 0 spiro atoms. The van der Waals surface area contributed by atoms with Gasteiger partial charge in [-0.15, -0.1) is 0 Å². The minimum Gasteiger partial charge on any atom is -0.308 e. The van der Waals surface area contributed by atoms with Crippen molar-refractivity contribution in [3.8, 4) is 28.6 Å². The Labute approximate surface area is 290 Å². The number of rotatable bonds is 3. The first-order chi connectivity index (χ1) is 23.9. The van der Waals surface area contributed by atoms with Gasteiger partial charge in [0.15, 0.2) is 0 Å². The Hall–Kier alpha value is -5.73. The average molecular weight is 658 g/mol.